The number of carbonyl (C=O) groups is 1. The van der Waals surface area contributed by atoms with Gasteiger partial charge in [0.25, 0.3) is 0 Å². The number of allylic oxidation sites excluding steroid dienone is 4. The molecule has 9 unspecified atom stereocenters. The van der Waals surface area contributed by atoms with E-state index in [-0.39, 0.29) is 6.42 Å². The number of carbonyl (C=O) groups excluding carboxylic acids is 1. The van der Waals surface area contributed by atoms with Crippen molar-refractivity contribution in [2.24, 2.45) is 0 Å². The summed E-state index contributed by atoms with van der Waals surface area (Å²) < 4.78 is 11.0. The van der Waals surface area contributed by atoms with Crippen LogP contribution in [0.4, 0.5) is 0 Å². The SMILES string of the molecule is CCCCC/C=C\C/C=C\CCCCCCCCC(O)C(=O)NC(COC1OC(CO)C(O)C(O)C1O)C(O)C(O)CCCCCCCCCCC. The quantitative estimate of drug-likeness (QED) is 0.0315. The van der Waals surface area contributed by atoms with Gasteiger partial charge in [0.15, 0.2) is 6.29 Å². The molecular formula is C41H77NO10. The molecule has 306 valence electrons. The van der Waals surface area contributed by atoms with Crippen LogP contribution >= 0.6 is 0 Å². The largest absolute Gasteiger partial charge is 0.394 e. The van der Waals surface area contributed by atoms with E-state index in [9.17, 15) is 40.5 Å². The van der Waals surface area contributed by atoms with Crippen LogP contribution in [0.5, 0.6) is 0 Å². The lowest BCUT2D eigenvalue weighted by Gasteiger charge is -2.40. The highest BCUT2D eigenvalue weighted by Gasteiger charge is 2.44. The van der Waals surface area contributed by atoms with Gasteiger partial charge in [-0.25, -0.2) is 0 Å². The van der Waals surface area contributed by atoms with Gasteiger partial charge in [-0.3, -0.25) is 4.79 Å². The Hall–Kier alpha value is -1.41. The molecule has 0 bridgehead atoms. The van der Waals surface area contributed by atoms with Crippen molar-refractivity contribution < 1.29 is 50.0 Å². The number of amides is 1. The molecule has 1 heterocycles. The summed E-state index contributed by atoms with van der Waals surface area (Å²) in [5, 5.41) is 75.2. The Morgan fingerprint density at radius 3 is 1.75 bits per heavy atom. The van der Waals surface area contributed by atoms with E-state index in [4.69, 9.17) is 9.47 Å². The third-order valence-electron chi connectivity index (χ3n) is 10.0. The number of unbranched alkanes of at least 4 members (excludes halogenated alkanes) is 17. The molecule has 1 amide bonds. The number of hydrogen-bond donors (Lipinski definition) is 8. The van der Waals surface area contributed by atoms with Gasteiger partial charge in [0.05, 0.1) is 25.4 Å². The number of aliphatic hydroxyl groups is 7. The third kappa shape index (κ3) is 22.1. The summed E-state index contributed by atoms with van der Waals surface area (Å²) in [6.07, 6.45) is 20.9. The maximum Gasteiger partial charge on any atom is 0.249 e. The molecule has 0 aromatic rings. The minimum Gasteiger partial charge on any atom is -0.394 e. The van der Waals surface area contributed by atoms with Gasteiger partial charge < -0.3 is 50.5 Å². The van der Waals surface area contributed by atoms with Crippen molar-refractivity contribution in [1.82, 2.24) is 5.32 Å². The lowest BCUT2D eigenvalue weighted by atomic mass is 9.98. The highest BCUT2D eigenvalue weighted by molar-refractivity contribution is 5.80. The number of rotatable bonds is 33. The molecule has 1 fully saturated rings. The zero-order valence-corrected chi connectivity index (χ0v) is 32.5. The maximum absolute atomic E-state index is 13.0. The zero-order chi connectivity index (χ0) is 38.4. The van der Waals surface area contributed by atoms with E-state index in [2.05, 4.69) is 43.5 Å². The van der Waals surface area contributed by atoms with Crippen LogP contribution in [0.2, 0.25) is 0 Å². The molecule has 9 atom stereocenters. The average Bonchev–Trinajstić information content (AvgIpc) is 3.14. The summed E-state index contributed by atoms with van der Waals surface area (Å²) in [6.45, 7) is 3.35. The minimum atomic E-state index is -1.66. The third-order valence-corrected chi connectivity index (χ3v) is 10.0. The Labute approximate surface area is 314 Å². The number of hydrogen-bond acceptors (Lipinski definition) is 10. The molecule has 1 rings (SSSR count). The highest BCUT2D eigenvalue weighted by Crippen LogP contribution is 2.23. The molecular weight excluding hydrogens is 666 g/mol. The second kappa shape index (κ2) is 31.9. The van der Waals surface area contributed by atoms with Crippen LogP contribution in [0.25, 0.3) is 0 Å². The maximum atomic E-state index is 13.0. The fourth-order valence-corrected chi connectivity index (χ4v) is 6.47. The van der Waals surface area contributed by atoms with Crippen LogP contribution in [0.15, 0.2) is 24.3 Å². The van der Waals surface area contributed by atoms with Crippen LogP contribution in [-0.4, -0.2) is 110 Å². The smallest absolute Gasteiger partial charge is 0.249 e. The van der Waals surface area contributed by atoms with E-state index >= 15 is 0 Å². The van der Waals surface area contributed by atoms with Crippen molar-refractivity contribution in [2.75, 3.05) is 13.2 Å². The number of nitrogens with one attached hydrogen (secondary N) is 1. The van der Waals surface area contributed by atoms with E-state index in [0.29, 0.717) is 19.3 Å². The standard InChI is InChI=1S/C41H77NO10/c1-3-5-7-9-11-13-14-15-16-17-18-19-21-23-25-27-29-34(45)40(50)42-32(31-51-41-39(49)38(48)37(47)35(30-43)52-41)36(46)33(44)28-26-24-22-20-12-10-8-6-4-2/h11,13,15-16,32-39,41,43-49H,3-10,12,14,17-31H2,1-2H3,(H,42,50)/b13-11-,16-15-. The molecule has 1 saturated heterocycles. The predicted octanol–water partition coefficient (Wildman–Crippen LogP) is 5.49. The van der Waals surface area contributed by atoms with Crippen molar-refractivity contribution in [2.45, 2.75) is 217 Å². The van der Waals surface area contributed by atoms with Crippen LogP contribution in [0.3, 0.4) is 0 Å². The van der Waals surface area contributed by atoms with E-state index < -0.39 is 74.2 Å². The van der Waals surface area contributed by atoms with E-state index in [1.54, 1.807) is 0 Å². The van der Waals surface area contributed by atoms with E-state index in [1.807, 2.05) is 0 Å². The Morgan fingerprint density at radius 1 is 0.673 bits per heavy atom. The molecule has 11 heteroatoms. The fraction of sp³-hybridized carbons (Fsp3) is 0.878. The topological polar surface area (TPSA) is 189 Å². The molecule has 1 aliphatic heterocycles. The van der Waals surface area contributed by atoms with Crippen LogP contribution in [0.1, 0.15) is 162 Å². The summed E-state index contributed by atoms with van der Waals surface area (Å²) in [5.41, 5.74) is 0. The van der Waals surface area contributed by atoms with Crippen molar-refractivity contribution in [3.63, 3.8) is 0 Å². The van der Waals surface area contributed by atoms with Gasteiger partial charge in [-0.2, -0.15) is 0 Å². The molecule has 52 heavy (non-hydrogen) atoms. The van der Waals surface area contributed by atoms with Crippen LogP contribution in [-0.2, 0) is 14.3 Å². The Bertz CT molecular complexity index is 903. The lowest BCUT2D eigenvalue weighted by molar-refractivity contribution is -0.303. The molecule has 0 saturated carbocycles. The second-order valence-electron chi connectivity index (χ2n) is 14.7. The first-order valence-corrected chi connectivity index (χ1v) is 20.7. The molecule has 1 aliphatic rings. The van der Waals surface area contributed by atoms with Gasteiger partial charge in [-0.15, -0.1) is 0 Å². The highest BCUT2D eigenvalue weighted by atomic mass is 16.7. The molecule has 0 aromatic carbocycles. The van der Waals surface area contributed by atoms with Crippen LogP contribution < -0.4 is 5.32 Å². The first-order chi connectivity index (χ1) is 25.2. The van der Waals surface area contributed by atoms with Gasteiger partial charge in [0.1, 0.15) is 36.6 Å². The van der Waals surface area contributed by atoms with Gasteiger partial charge in [0, 0.05) is 0 Å². The summed E-state index contributed by atoms with van der Waals surface area (Å²) in [7, 11) is 0. The molecule has 0 spiro atoms. The second-order valence-corrected chi connectivity index (χ2v) is 14.7. The average molecular weight is 744 g/mol. The minimum absolute atomic E-state index is 0.248. The van der Waals surface area contributed by atoms with Crippen molar-refractivity contribution in [3.8, 4) is 0 Å². The van der Waals surface area contributed by atoms with Crippen molar-refractivity contribution in [1.29, 1.82) is 0 Å². The summed E-state index contributed by atoms with van der Waals surface area (Å²) >= 11 is 0. The van der Waals surface area contributed by atoms with E-state index in [1.165, 1.54) is 57.8 Å². The van der Waals surface area contributed by atoms with Gasteiger partial charge in [-0.05, 0) is 44.9 Å². The fourth-order valence-electron chi connectivity index (χ4n) is 6.47. The first-order valence-electron chi connectivity index (χ1n) is 20.7. The molecule has 0 aliphatic carbocycles. The Kier molecular flexibility index (Phi) is 29.8. The number of ether oxygens (including phenoxy) is 2. The molecule has 8 N–H and O–H groups in total. The zero-order valence-electron chi connectivity index (χ0n) is 32.5. The van der Waals surface area contributed by atoms with Gasteiger partial charge >= 0.3 is 0 Å². The number of aliphatic hydroxyl groups excluding tert-OH is 7. The van der Waals surface area contributed by atoms with Crippen LogP contribution in [0, 0.1) is 0 Å². The monoisotopic (exact) mass is 744 g/mol. The predicted molar refractivity (Wildman–Crippen MR) is 205 cm³/mol. The molecule has 0 aromatic heterocycles. The molecule has 0 radical (unpaired) electrons. The summed E-state index contributed by atoms with van der Waals surface area (Å²) in [6, 6.07) is -1.17. The Balaban J connectivity index is 2.51. The van der Waals surface area contributed by atoms with Gasteiger partial charge in [0.2, 0.25) is 5.91 Å². The molecule has 11 nitrogen and oxygen atoms in total. The summed E-state index contributed by atoms with van der Waals surface area (Å²) in [5.74, 6) is -0.709. The normalized spacial score (nSPS) is 23.3. The summed E-state index contributed by atoms with van der Waals surface area (Å²) in [4.78, 5) is 13.0. The Morgan fingerprint density at radius 2 is 1.17 bits per heavy atom. The lowest BCUT2D eigenvalue weighted by Crippen LogP contribution is -2.60. The van der Waals surface area contributed by atoms with E-state index in [0.717, 1.165) is 64.2 Å². The van der Waals surface area contributed by atoms with Gasteiger partial charge in [-0.1, -0.05) is 141 Å². The first kappa shape index (κ1) is 48.6. The van der Waals surface area contributed by atoms with Crippen molar-refractivity contribution in [3.05, 3.63) is 24.3 Å². The van der Waals surface area contributed by atoms with Crippen molar-refractivity contribution >= 4 is 5.91 Å².